The summed E-state index contributed by atoms with van der Waals surface area (Å²) in [5.41, 5.74) is -0.164. The van der Waals surface area contributed by atoms with Crippen molar-refractivity contribution in [1.82, 2.24) is 10.0 Å². The van der Waals surface area contributed by atoms with E-state index in [1.54, 1.807) is 12.1 Å². The molecule has 2 rings (SSSR count). The number of benzene rings is 1. The van der Waals surface area contributed by atoms with E-state index in [2.05, 4.69) is 10.0 Å². The first-order valence-electron chi connectivity index (χ1n) is 7.90. The Bertz CT molecular complexity index is 1020. The molecule has 2 N–H and O–H groups in total. The van der Waals surface area contributed by atoms with Crippen LogP contribution in [-0.4, -0.2) is 39.7 Å². The van der Waals surface area contributed by atoms with Crippen LogP contribution < -0.4 is 10.0 Å². The van der Waals surface area contributed by atoms with E-state index in [1.807, 2.05) is 0 Å². The molecule has 1 aromatic heterocycles. The predicted molar refractivity (Wildman–Crippen MR) is 104 cm³/mol. The third kappa shape index (κ3) is 5.61. The van der Waals surface area contributed by atoms with Crippen molar-refractivity contribution in [2.75, 3.05) is 13.7 Å². The van der Waals surface area contributed by atoms with E-state index in [9.17, 15) is 22.8 Å². The van der Waals surface area contributed by atoms with Crippen LogP contribution in [0.5, 0.6) is 0 Å². The summed E-state index contributed by atoms with van der Waals surface area (Å²) in [6, 6.07) is 6.86. The van der Waals surface area contributed by atoms with Crippen molar-refractivity contribution in [2.45, 2.75) is 18.4 Å². The van der Waals surface area contributed by atoms with Crippen molar-refractivity contribution < 1.29 is 27.5 Å². The molecule has 0 atom stereocenters. The zero-order valence-corrected chi connectivity index (χ0v) is 17.3. The van der Waals surface area contributed by atoms with E-state index in [0.29, 0.717) is 11.4 Å². The van der Waals surface area contributed by atoms with E-state index in [0.717, 1.165) is 10.9 Å². The Morgan fingerprint density at radius 2 is 1.89 bits per heavy atom. The second-order valence-electron chi connectivity index (χ2n) is 5.52. The lowest BCUT2D eigenvalue weighted by atomic mass is 10.2. The summed E-state index contributed by atoms with van der Waals surface area (Å²) >= 11 is 7.12. The minimum Gasteiger partial charge on any atom is -0.454 e. The Morgan fingerprint density at radius 3 is 2.54 bits per heavy atom. The van der Waals surface area contributed by atoms with Gasteiger partial charge in [0, 0.05) is 11.8 Å². The summed E-state index contributed by atoms with van der Waals surface area (Å²) in [4.78, 5) is 36.3. The molecule has 0 saturated carbocycles. The quantitative estimate of drug-likeness (QED) is 0.474. The smallest absolute Gasteiger partial charge is 0.340 e. The average molecular weight is 445 g/mol. The SMILES string of the molecule is CNS(=O)(=O)c1ccc(Cl)c(C(=O)OCC(=O)c2ccc(CNC(C)=O)s2)c1. The number of hydrogen-bond donors (Lipinski definition) is 2. The summed E-state index contributed by atoms with van der Waals surface area (Å²) in [6.45, 7) is 1.16. The lowest BCUT2D eigenvalue weighted by Crippen LogP contribution is -2.19. The van der Waals surface area contributed by atoms with Crippen LogP contribution in [0.4, 0.5) is 0 Å². The number of carbonyl (C=O) groups is 3. The van der Waals surface area contributed by atoms with Crippen molar-refractivity contribution in [2.24, 2.45) is 0 Å². The lowest BCUT2D eigenvalue weighted by Gasteiger charge is -2.08. The van der Waals surface area contributed by atoms with Gasteiger partial charge in [0.25, 0.3) is 0 Å². The maximum Gasteiger partial charge on any atom is 0.340 e. The number of amides is 1. The summed E-state index contributed by atoms with van der Waals surface area (Å²) in [7, 11) is -2.53. The fraction of sp³-hybridized carbons (Fsp3) is 0.235. The number of halogens is 1. The minimum absolute atomic E-state index is 0.00113. The molecule has 0 aliphatic heterocycles. The second-order valence-corrected chi connectivity index (χ2v) is 8.99. The van der Waals surface area contributed by atoms with Gasteiger partial charge in [-0.25, -0.2) is 17.9 Å². The highest BCUT2D eigenvalue weighted by atomic mass is 35.5. The number of ether oxygens (including phenoxy) is 1. The summed E-state index contributed by atoms with van der Waals surface area (Å²) in [5, 5.41) is 2.62. The Kier molecular flexibility index (Phi) is 7.30. The minimum atomic E-state index is -3.77. The molecular formula is C17H17ClN2O6S2. The molecular weight excluding hydrogens is 428 g/mol. The van der Waals surface area contributed by atoms with E-state index >= 15 is 0 Å². The molecule has 1 amide bonds. The first-order valence-corrected chi connectivity index (χ1v) is 10.6. The zero-order chi connectivity index (χ0) is 20.9. The second kappa shape index (κ2) is 9.28. The molecule has 0 radical (unpaired) electrons. The highest BCUT2D eigenvalue weighted by Crippen LogP contribution is 2.22. The van der Waals surface area contributed by atoms with E-state index < -0.39 is 28.4 Å². The number of thiophene rings is 1. The summed E-state index contributed by atoms with van der Waals surface area (Å²) < 4.78 is 30.8. The molecule has 0 fully saturated rings. The van der Waals surface area contributed by atoms with Gasteiger partial charge in [-0.3, -0.25) is 9.59 Å². The summed E-state index contributed by atoms with van der Waals surface area (Å²) in [6.07, 6.45) is 0. The Hall–Kier alpha value is -2.27. The van der Waals surface area contributed by atoms with E-state index in [4.69, 9.17) is 16.3 Å². The highest BCUT2D eigenvalue weighted by molar-refractivity contribution is 7.89. The van der Waals surface area contributed by atoms with Gasteiger partial charge in [-0.2, -0.15) is 0 Å². The van der Waals surface area contributed by atoms with Gasteiger partial charge in [-0.1, -0.05) is 11.6 Å². The molecule has 11 heteroatoms. The molecule has 0 aliphatic rings. The van der Waals surface area contributed by atoms with Crippen LogP contribution in [0.2, 0.25) is 5.02 Å². The first-order chi connectivity index (χ1) is 13.1. The van der Waals surface area contributed by atoms with Crippen LogP contribution in [0.1, 0.15) is 31.8 Å². The first kappa shape index (κ1) is 22.0. The third-order valence-corrected chi connectivity index (χ3v) is 6.39. The van der Waals surface area contributed by atoms with Crippen LogP contribution in [0.25, 0.3) is 0 Å². The number of ketones is 1. The molecule has 0 unspecified atom stereocenters. The number of hydrogen-bond acceptors (Lipinski definition) is 7. The van der Waals surface area contributed by atoms with Gasteiger partial charge in [0.1, 0.15) is 0 Å². The highest BCUT2D eigenvalue weighted by Gasteiger charge is 2.20. The molecule has 28 heavy (non-hydrogen) atoms. The molecule has 0 aliphatic carbocycles. The Morgan fingerprint density at radius 1 is 1.18 bits per heavy atom. The molecule has 150 valence electrons. The van der Waals surface area contributed by atoms with Crippen molar-refractivity contribution in [3.63, 3.8) is 0 Å². The molecule has 2 aromatic rings. The number of nitrogens with one attached hydrogen (secondary N) is 2. The molecule has 0 spiro atoms. The van der Waals surface area contributed by atoms with Gasteiger partial charge < -0.3 is 10.1 Å². The van der Waals surface area contributed by atoms with E-state index in [-0.39, 0.29) is 21.4 Å². The van der Waals surface area contributed by atoms with Gasteiger partial charge in [0.05, 0.1) is 26.9 Å². The van der Waals surface area contributed by atoms with Crippen LogP contribution >= 0.6 is 22.9 Å². The lowest BCUT2D eigenvalue weighted by molar-refractivity contribution is -0.119. The van der Waals surface area contributed by atoms with Gasteiger partial charge in [0.15, 0.2) is 6.61 Å². The van der Waals surface area contributed by atoms with Crippen LogP contribution in [0.15, 0.2) is 35.2 Å². The van der Waals surface area contributed by atoms with Gasteiger partial charge in [0.2, 0.25) is 21.7 Å². The zero-order valence-electron chi connectivity index (χ0n) is 14.9. The fourth-order valence-corrected chi connectivity index (χ4v) is 3.88. The standard InChI is InChI=1S/C17H17ClN2O6S2/c1-10(21)20-8-11-3-6-16(27-11)15(22)9-26-17(23)13-7-12(4-5-14(13)18)28(24,25)19-2/h3-7,19H,8-9H2,1-2H3,(H,20,21). The monoisotopic (exact) mass is 444 g/mol. The number of carbonyl (C=O) groups excluding carboxylic acids is 3. The van der Waals surface area contributed by atoms with Gasteiger partial charge in [-0.05, 0) is 37.4 Å². The molecule has 0 saturated heterocycles. The average Bonchev–Trinajstić information content (AvgIpc) is 3.13. The van der Waals surface area contributed by atoms with Crippen molar-refractivity contribution in [1.29, 1.82) is 0 Å². The number of Topliss-reactive ketones (excluding diaryl/α,β-unsaturated/α-hetero) is 1. The van der Waals surface area contributed by atoms with Crippen LogP contribution in [0.3, 0.4) is 0 Å². The third-order valence-electron chi connectivity index (χ3n) is 3.52. The van der Waals surface area contributed by atoms with Crippen molar-refractivity contribution >= 4 is 50.6 Å². The van der Waals surface area contributed by atoms with Gasteiger partial charge in [-0.15, -0.1) is 11.3 Å². The van der Waals surface area contributed by atoms with Crippen LogP contribution in [0, 0.1) is 0 Å². The topological polar surface area (TPSA) is 119 Å². The van der Waals surface area contributed by atoms with Crippen molar-refractivity contribution in [3.05, 3.63) is 50.7 Å². The maximum absolute atomic E-state index is 12.2. The molecule has 1 heterocycles. The molecule has 8 nitrogen and oxygen atoms in total. The van der Waals surface area contributed by atoms with Crippen molar-refractivity contribution in [3.8, 4) is 0 Å². The normalized spacial score (nSPS) is 11.1. The van der Waals surface area contributed by atoms with Gasteiger partial charge >= 0.3 is 5.97 Å². The Labute approximate surface area is 170 Å². The summed E-state index contributed by atoms with van der Waals surface area (Å²) in [5.74, 6) is -1.53. The molecule has 0 bridgehead atoms. The number of esters is 1. The predicted octanol–water partition coefficient (Wildman–Crippen LogP) is 1.99. The fourth-order valence-electron chi connectivity index (χ4n) is 2.06. The Balaban J connectivity index is 2.05. The number of rotatable bonds is 8. The van der Waals surface area contributed by atoms with E-state index in [1.165, 1.54) is 37.4 Å². The molecule has 1 aromatic carbocycles. The maximum atomic E-state index is 12.2. The number of sulfonamides is 1. The van der Waals surface area contributed by atoms with Crippen LogP contribution in [-0.2, 0) is 26.1 Å². The largest absolute Gasteiger partial charge is 0.454 e.